The van der Waals surface area contributed by atoms with Gasteiger partial charge in [0.2, 0.25) is 0 Å². The molecule has 0 amide bonds. The third-order valence-electron chi connectivity index (χ3n) is 1.04. The van der Waals surface area contributed by atoms with Crippen LogP contribution in [-0.4, -0.2) is 25.6 Å². The van der Waals surface area contributed by atoms with E-state index in [1.807, 2.05) is 0 Å². The summed E-state index contributed by atoms with van der Waals surface area (Å²) in [6, 6.07) is 0. The van der Waals surface area contributed by atoms with Gasteiger partial charge in [-0.05, 0) is 27.7 Å². The van der Waals surface area contributed by atoms with E-state index in [1.54, 1.807) is 20.8 Å². The molecule has 0 aliphatic rings. The van der Waals surface area contributed by atoms with Crippen molar-refractivity contribution in [1.82, 2.24) is 0 Å². The Morgan fingerprint density at radius 2 is 1.92 bits per heavy atom. The second kappa shape index (κ2) is 4.00. The van der Waals surface area contributed by atoms with Crippen LogP contribution in [0.15, 0.2) is 0 Å². The number of ether oxygens (including phenoxy) is 1. The third kappa shape index (κ3) is 4.46. The Kier molecular flexibility index (Phi) is 3.86. The fraction of sp³-hybridized carbons (Fsp3) is 0.857. The maximum Gasteiger partial charge on any atom is 0.324 e. The van der Waals surface area contributed by atoms with Crippen LogP contribution >= 0.6 is 0 Å². The third-order valence-corrected chi connectivity index (χ3v) is 1.84. The maximum atomic E-state index is 11.0. The number of carbonyl (C=O) groups is 1. The SMILES string of the molecule is CC(C(=O)OC(C)(C)C)S(=O)O. The lowest BCUT2D eigenvalue weighted by Gasteiger charge is -2.20. The molecule has 0 spiro atoms. The molecule has 0 aromatic rings. The molecule has 12 heavy (non-hydrogen) atoms. The van der Waals surface area contributed by atoms with Gasteiger partial charge >= 0.3 is 5.97 Å². The number of hydrogen-bond donors (Lipinski definition) is 1. The molecule has 0 aromatic heterocycles. The van der Waals surface area contributed by atoms with Crippen LogP contribution in [-0.2, 0) is 20.6 Å². The summed E-state index contributed by atoms with van der Waals surface area (Å²) in [6.07, 6.45) is 0. The van der Waals surface area contributed by atoms with Crippen molar-refractivity contribution in [2.24, 2.45) is 0 Å². The first kappa shape index (κ1) is 11.6. The molecule has 0 radical (unpaired) electrons. The van der Waals surface area contributed by atoms with Gasteiger partial charge in [-0.15, -0.1) is 0 Å². The van der Waals surface area contributed by atoms with Gasteiger partial charge in [-0.1, -0.05) is 0 Å². The van der Waals surface area contributed by atoms with Crippen LogP contribution in [0.25, 0.3) is 0 Å². The lowest BCUT2D eigenvalue weighted by atomic mass is 10.2. The Morgan fingerprint density at radius 3 is 2.17 bits per heavy atom. The van der Waals surface area contributed by atoms with Crippen molar-refractivity contribution >= 4 is 17.0 Å². The van der Waals surface area contributed by atoms with Gasteiger partial charge in [-0.3, -0.25) is 4.79 Å². The number of hydrogen-bond acceptors (Lipinski definition) is 3. The van der Waals surface area contributed by atoms with Gasteiger partial charge in [0.15, 0.2) is 16.3 Å². The highest BCUT2D eigenvalue weighted by molar-refractivity contribution is 7.80. The van der Waals surface area contributed by atoms with Gasteiger partial charge in [0.05, 0.1) is 0 Å². The standard InChI is InChI=1S/C7H14O4S/c1-5(12(9)10)6(8)11-7(2,3)4/h5H,1-4H3,(H,9,10). The Labute approximate surface area is 74.6 Å². The molecule has 0 saturated heterocycles. The Balaban J connectivity index is 4.15. The summed E-state index contributed by atoms with van der Waals surface area (Å²) in [5, 5.41) is -0.982. The van der Waals surface area contributed by atoms with Crippen molar-refractivity contribution < 1.29 is 18.3 Å². The van der Waals surface area contributed by atoms with Gasteiger partial charge in [0.25, 0.3) is 0 Å². The summed E-state index contributed by atoms with van der Waals surface area (Å²) in [6.45, 7) is 6.47. The fourth-order valence-corrected chi connectivity index (χ4v) is 0.680. The van der Waals surface area contributed by atoms with Crippen molar-refractivity contribution in [3.05, 3.63) is 0 Å². The summed E-state index contributed by atoms with van der Waals surface area (Å²) >= 11 is -2.15. The molecule has 0 aromatic carbocycles. The summed E-state index contributed by atoms with van der Waals surface area (Å²) < 4.78 is 23.9. The van der Waals surface area contributed by atoms with E-state index >= 15 is 0 Å². The lowest BCUT2D eigenvalue weighted by molar-refractivity contribution is -0.153. The second-order valence-electron chi connectivity index (χ2n) is 3.45. The van der Waals surface area contributed by atoms with Crippen molar-refractivity contribution in [2.45, 2.75) is 38.5 Å². The molecule has 0 aliphatic heterocycles. The topological polar surface area (TPSA) is 63.6 Å². The second-order valence-corrected chi connectivity index (χ2v) is 4.71. The summed E-state index contributed by atoms with van der Waals surface area (Å²) in [7, 11) is 0. The smallest absolute Gasteiger partial charge is 0.324 e. The number of esters is 1. The van der Waals surface area contributed by atoms with Crippen molar-refractivity contribution in [3.63, 3.8) is 0 Å². The summed E-state index contributed by atoms with van der Waals surface area (Å²) in [4.78, 5) is 11.0. The van der Waals surface area contributed by atoms with E-state index in [2.05, 4.69) is 0 Å². The molecular formula is C7H14O4S. The molecule has 5 heteroatoms. The first-order valence-electron chi connectivity index (χ1n) is 3.56. The van der Waals surface area contributed by atoms with Crippen molar-refractivity contribution in [2.75, 3.05) is 0 Å². The normalized spacial score (nSPS) is 16.8. The molecule has 0 heterocycles. The van der Waals surface area contributed by atoms with Crippen LogP contribution in [0.1, 0.15) is 27.7 Å². The van der Waals surface area contributed by atoms with Crippen LogP contribution in [0.5, 0.6) is 0 Å². The van der Waals surface area contributed by atoms with Crippen LogP contribution in [0.2, 0.25) is 0 Å². The molecule has 4 nitrogen and oxygen atoms in total. The molecule has 0 rings (SSSR count). The minimum absolute atomic E-state index is 0.606. The Hall–Kier alpha value is -0.420. The molecule has 2 atom stereocenters. The quantitative estimate of drug-likeness (QED) is 0.525. The summed E-state index contributed by atoms with van der Waals surface area (Å²) in [5.74, 6) is -0.650. The van der Waals surface area contributed by atoms with Gasteiger partial charge < -0.3 is 9.29 Å². The van der Waals surface area contributed by atoms with Crippen LogP contribution < -0.4 is 0 Å². The zero-order chi connectivity index (χ0) is 9.94. The average molecular weight is 194 g/mol. The largest absolute Gasteiger partial charge is 0.459 e. The first-order valence-corrected chi connectivity index (χ1v) is 4.73. The van der Waals surface area contributed by atoms with Crippen LogP contribution in [0.4, 0.5) is 0 Å². The first-order chi connectivity index (χ1) is 5.24. The highest BCUT2D eigenvalue weighted by Gasteiger charge is 2.25. The van der Waals surface area contributed by atoms with Crippen molar-refractivity contribution in [1.29, 1.82) is 0 Å². The van der Waals surface area contributed by atoms with Crippen LogP contribution in [0, 0.1) is 0 Å². The molecule has 0 saturated carbocycles. The minimum atomic E-state index is -2.15. The highest BCUT2D eigenvalue weighted by Crippen LogP contribution is 2.09. The predicted octanol–water partition coefficient (Wildman–Crippen LogP) is 0.938. The fourth-order valence-electron chi connectivity index (χ4n) is 0.467. The molecule has 0 aliphatic carbocycles. The van der Waals surface area contributed by atoms with Gasteiger partial charge in [-0.2, -0.15) is 0 Å². The number of carbonyl (C=O) groups excluding carboxylic acids is 1. The van der Waals surface area contributed by atoms with Gasteiger partial charge in [0.1, 0.15) is 5.60 Å². The molecular weight excluding hydrogens is 180 g/mol. The van der Waals surface area contributed by atoms with E-state index in [4.69, 9.17) is 9.29 Å². The zero-order valence-corrected chi connectivity index (χ0v) is 8.47. The molecule has 0 fully saturated rings. The monoisotopic (exact) mass is 194 g/mol. The maximum absolute atomic E-state index is 11.0. The average Bonchev–Trinajstić information content (AvgIpc) is 1.82. The zero-order valence-electron chi connectivity index (χ0n) is 7.66. The molecule has 2 unspecified atom stereocenters. The van der Waals surface area contributed by atoms with E-state index in [-0.39, 0.29) is 0 Å². The summed E-state index contributed by atoms with van der Waals surface area (Å²) in [5.41, 5.74) is -0.606. The van der Waals surface area contributed by atoms with Crippen molar-refractivity contribution in [3.8, 4) is 0 Å². The lowest BCUT2D eigenvalue weighted by Crippen LogP contribution is -2.32. The molecule has 0 bridgehead atoms. The molecule has 72 valence electrons. The van der Waals surface area contributed by atoms with E-state index in [0.29, 0.717) is 0 Å². The Morgan fingerprint density at radius 1 is 1.50 bits per heavy atom. The van der Waals surface area contributed by atoms with E-state index in [0.717, 1.165) is 0 Å². The van der Waals surface area contributed by atoms with Gasteiger partial charge in [0, 0.05) is 0 Å². The van der Waals surface area contributed by atoms with Crippen LogP contribution in [0.3, 0.4) is 0 Å². The van der Waals surface area contributed by atoms with E-state index in [9.17, 15) is 9.00 Å². The Bertz CT molecular complexity index is 194. The van der Waals surface area contributed by atoms with E-state index < -0.39 is 27.9 Å². The molecule has 1 N–H and O–H groups in total. The minimum Gasteiger partial charge on any atom is -0.459 e. The highest BCUT2D eigenvalue weighted by atomic mass is 32.2. The predicted molar refractivity (Wildman–Crippen MR) is 46.1 cm³/mol. The van der Waals surface area contributed by atoms with E-state index in [1.165, 1.54) is 6.92 Å². The number of rotatable bonds is 2. The van der Waals surface area contributed by atoms with Gasteiger partial charge in [-0.25, -0.2) is 4.21 Å².